The summed E-state index contributed by atoms with van der Waals surface area (Å²) in [7, 11) is 0. The minimum Gasteiger partial charge on any atom is -0.481 e. The van der Waals surface area contributed by atoms with Crippen LogP contribution in [0.5, 0.6) is 0 Å². The van der Waals surface area contributed by atoms with Crippen molar-refractivity contribution in [1.29, 1.82) is 0 Å². The fraction of sp³-hybridized carbons (Fsp3) is 0.286. The minimum atomic E-state index is -0.932. The zero-order valence-corrected chi connectivity index (χ0v) is 12.5. The van der Waals surface area contributed by atoms with Crippen LogP contribution in [0.15, 0.2) is 24.3 Å². The Balaban J connectivity index is 2.74. The van der Waals surface area contributed by atoms with Crippen molar-refractivity contribution in [2.24, 2.45) is 0 Å². The maximum absolute atomic E-state index is 11.9. The van der Waals surface area contributed by atoms with Crippen molar-refractivity contribution in [2.45, 2.75) is 13.3 Å². The summed E-state index contributed by atoms with van der Waals surface area (Å²) in [4.78, 5) is 23.9. The van der Waals surface area contributed by atoms with Gasteiger partial charge in [0, 0.05) is 19.2 Å². The van der Waals surface area contributed by atoms with Gasteiger partial charge in [-0.1, -0.05) is 35.3 Å². The van der Waals surface area contributed by atoms with Gasteiger partial charge in [-0.3, -0.25) is 9.59 Å². The van der Waals surface area contributed by atoms with Crippen LogP contribution in [-0.4, -0.2) is 35.0 Å². The number of hydrogen-bond acceptors (Lipinski definition) is 2. The van der Waals surface area contributed by atoms with E-state index in [0.29, 0.717) is 22.2 Å². The van der Waals surface area contributed by atoms with Crippen molar-refractivity contribution in [3.05, 3.63) is 39.9 Å². The maximum atomic E-state index is 11.9. The molecule has 0 aromatic heterocycles. The maximum Gasteiger partial charge on any atom is 0.305 e. The number of carbonyl (C=O) groups excluding carboxylic acids is 1. The number of benzene rings is 1. The molecule has 0 aliphatic carbocycles. The Morgan fingerprint density at radius 1 is 1.35 bits per heavy atom. The summed E-state index contributed by atoms with van der Waals surface area (Å²) >= 11 is 11.9. The van der Waals surface area contributed by atoms with Crippen molar-refractivity contribution in [3.8, 4) is 0 Å². The lowest BCUT2D eigenvalue weighted by molar-refractivity contribution is -0.137. The average molecular weight is 316 g/mol. The van der Waals surface area contributed by atoms with E-state index in [-0.39, 0.29) is 18.9 Å². The number of carboxylic acid groups (broad SMARTS) is 1. The van der Waals surface area contributed by atoms with E-state index in [2.05, 4.69) is 0 Å². The molecule has 0 aliphatic rings. The van der Waals surface area contributed by atoms with Crippen molar-refractivity contribution in [2.75, 3.05) is 13.1 Å². The second-order valence-corrected chi connectivity index (χ2v) is 4.82. The molecule has 0 unspecified atom stereocenters. The van der Waals surface area contributed by atoms with Crippen LogP contribution in [0.25, 0.3) is 6.08 Å². The molecular formula is C14H15Cl2NO3. The highest BCUT2D eigenvalue weighted by atomic mass is 35.5. The SMILES string of the molecule is CCN(CCC(=O)O)C(=O)/C=C/c1cccc(Cl)c1Cl. The molecule has 0 atom stereocenters. The lowest BCUT2D eigenvalue weighted by atomic mass is 10.2. The molecule has 0 heterocycles. The number of amides is 1. The molecule has 0 bridgehead atoms. The number of carboxylic acids is 1. The third-order valence-electron chi connectivity index (χ3n) is 2.68. The highest BCUT2D eigenvalue weighted by Crippen LogP contribution is 2.26. The van der Waals surface area contributed by atoms with Gasteiger partial charge in [-0.05, 0) is 24.6 Å². The molecule has 0 aliphatic heterocycles. The number of nitrogens with zero attached hydrogens (tertiary/aromatic N) is 1. The summed E-state index contributed by atoms with van der Waals surface area (Å²) in [5, 5.41) is 9.42. The normalized spacial score (nSPS) is 10.8. The van der Waals surface area contributed by atoms with Gasteiger partial charge in [-0.25, -0.2) is 0 Å². The molecule has 6 heteroatoms. The molecule has 1 rings (SSSR count). The first-order valence-electron chi connectivity index (χ1n) is 6.08. The van der Waals surface area contributed by atoms with Crippen molar-refractivity contribution in [3.63, 3.8) is 0 Å². The highest BCUT2D eigenvalue weighted by molar-refractivity contribution is 6.42. The van der Waals surface area contributed by atoms with Crippen LogP contribution >= 0.6 is 23.2 Å². The standard InChI is InChI=1S/C14H15Cl2NO3/c1-2-17(9-8-13(19)20)12(18)7-6-10-4-3-5-11(15)14(10)16/h3-7H,2,8-9H2,1H3,(H,19,20)/b7-6+. The Kier molecular flexibility index (Phi) is 6.55. The Hall–Kier alpha value is -1.52. The molecule has 0 spiro atoms. The van der Waals surface area contributed by atoms with Gasteiger partial charge in [-0.15, -0.1) is 0 Å². The second kappa shape index (κ2) is 7.92. The van der Waals surface area contributed by atoms with Gasteiger partial charge in [0.1, 0.15) is 0 Å². The van der Waals surface area contributed by atoms with Crippen LogP contribution in [0.1, 0.15) is 18.9 Å². The molecular weight excluding hydrogens is 301 g/mol. The Morgan fingerprint density at radius 3 is 2.65 bits per heavy atom. The van der Waals surface area contributed by atoms with E-state index in [0.717, 1.165) is 0 Å². The summed E-state index contributed by atoms with van der Waals surface area (Å²) in [6.45, 7) is 2.41. The van der Waals surface area contributed by atoms with E-state index in [1.165, 1.54) is 11.0 Å². The van der Waals surface area contributed by atoms with Gasteiger partial charge in [0.2, 0.25) is 5.91 Å². The average Bonchev–Trinajstić information content (AvgIpc) is 2.40. The van der Waals surface area contributed by atoms with Crippen LogP contribution in [0.4, 0.5) is 0 Å². The number of carbonyl (C=O) groups is 2. The summed E-state index contributed by atoms with van der Waals surface area (Å²) in [5.74, 6) is -1.19. The van der Waals surface area contributed by atoms with Gasteiger partial charge in [0.05, 0.1) is 16.5 Å². The predicted octanol–water partition coefficient (Wildman–Crippen LogP) is 3.33. The molecule has 0 fully saturated rings. The van der Waals surface area contributed by atoms with Crippen LogP contribution in [-0.2, 0) is 9.59 Å². The van der Waals surface area contributed by atoms with Gasteiger partial charge in [-0.2, -0.15) is 0 Å². The van der Waals surface area contributed by atoms with E-state index in [1.807, 2.05) is 0 Å². The molecule has 0 saturated heterocycles. The first-order chi connectivity index (χ1) is 9.45. The molecule has 0 saturated carbocycles. The largest absolute Gasteiger partial charge is 0.481 e. The third-order valence-corrected chi connectivity index (χ3v) is 3.51. The topological polar surface area (TPSA) is 57.6 Å². The first kappa shape index (κ1) is 16.5. The lowest BCUT2D eigenvalue weighted by Gasteiger charge is -2.17. The first-order valence-corrected chi connectivity index (χ1v) is 6.84. The van der Waals surface area contributed by atoms with E-state index >= 15 is 0 Å². The van der Waals surface area contributed by atoms with Crippen LogP contribution in [0, 0.1) is 0 Å². The number of halogens is 2. The minimum absolute atomic E-state index is 0.0780. The molecule has 1 amide bonds. The fourth-order valence-corrected chi connectivity index (χ4v) is 1.94. The third kappa shape index (κ3) is 4.87. The number of likely N-dealkylation sites (N-methyl/N-ethyl adjacent to an activating group) is 1. The van der Waals surface area contributed by atoms with Crippen molar-refractivity contribution in [1.82, 2.24) is 4.90 Å². The van der Waals surface area contributed by atoms with Gasteiger partial charge in [0.25, 0.3) is 0 Å². The van der Waals surface area contributed by atoms with Crippen LogP contribution in [0.2, 0.25) is 10.0 Å². The molecule has 1 N–H and O–H groups in total. The van der Waals surface area contributed by atoms with E-state index < -0.39 is 5.97 Å². The molecule has 4 nitrogen and oxygen atoms in total. The molecule has 1 aromatic carbocycles. The zero-order chi connectivity index (χ0) is 15.1. The van der Waals surface area contributed by atoms with Crippen LogP contribution in [0.3, 0.4) is 0 Å². The van der Waals surface area contributed by atoms with Gasteiger partial charge in [0.15, 0.2) is 0 Å². The summed E-state index contributed by atoms with van der Waals surface area (Å²) in [5.41, 5.74) is 0.641. The molecule has 0 radical (unpaired) electrons. The Bertz CT molecular complexity index is 529. The quantitative estimate of drug-likeness (QED) is 0.819. The second-order valence-electron chi connectivity index (χ2n) is 4.04. The van der Waals surface area contributed by atoms with Crippen LogP contribution < -0.4 is 0 Å². The summed E-state index contributed by atoms with van der Waals surface area (Å²) < 4.78 is 0. The lowest BCUT2D eigenvalue weighted by Crippen LogP contribution is -2.31. The van der Waals surface area contributed by atoms with Crippen molar-refractivity contribution < 1.29 is 14.7 Å². The summed E-state index contributed by atoms with van der Waals surface area (Å²) in [6.07, 6.45) is 2.86. The number of rotatable bonds is 6. The van der Waals surface area contributed by atoms with E-state index in [4.69, 9.17) is 28.3 Å². The monoisotopic (exact) mass is 315 g/mol. The predicted molar refractivity (Wildman–Crippen MR) is 80.0 cm³/mol. The van der Waals surface area contributed by atoms with E-state index in [9.17, 15) is 9.59 Å². The number of aliphatic carboxylic acids is 1. The number of hydrogen-bond donors (Lipinski definition) is 1. The highest BCUT2D eigenvalue weighted by Gasteiger charge is 2.10. The molecule has 1 aromatic rings. The molecule has 108 valence electrons. The zero-order valence-electron chi connectivity index (χ0n) is 11.0. The molecule has 20 heavy (non-hydrogen) atoms. The summed E-state index contributed by atoms with van der Waals surface area (Å²) in [6, 6.07) is 5.14. The van der Waals surface area contributed by atoms with Crippen molar-refractivity contribution >= 4 is 41.2 Å². The van der Waals surface area contributed by atoms with E-state index in [1.54, 1.807) is 31.2 Å². The fourth-order valence-electron chi connectivity index (χ4n) is 1.57. The van der Waals surface area contributed by atoms with Gasteiger partial charge < -0.3 is 10.0 Å². The van der Waals surface area contributed by atoms with Gasteiger partial charge >= 0.3 is 5.97 Å². The smallest absolute Gasteiger partial charge is 0.305 e. The Morgan fingerprint density at radius 2 is 2.05 bits per heavy atom. The Labute approximate surface area is 127 Å².